The van der Waals surface area contributed by atoms with Crippen LogP contribution in [0.5, 0.6) is 5.75 Å². The number of halogens is 1. The zero-order chi connectivity index (χ0) is 20.2. The van der Waals surface area contributed by atoms with Crippen LogP contribution in [0.25, 0.3) is 0 Å². The molecule has 1 atom stereocenters. The second kappa shape index (κ2) is 9.39. The second-order valence-corrected chi connectivity index (χ2v) is 9.43. The molecule has 29 heavy (non-hydrogen) atoms. The Balaban J connectivity index is 1.44. The first-order valence-electron chi connectivity index (χ1n) is 10.4. The Kier molecular flexibility index (Phi) is 6.65. The van der Waals surface area contributed by atoms with Gasteiger partial charge in [-0.15, -0.1) is 10.2 Å². The van der Waals surface area contributed by atoms with Gasteiger partial charge in [0, 0.05) is 19.1 Å². The molecule has 2 fully saturated rings. The average Bonchev–Trinajstić information content (AvgIpc) is 3.53. The fourth-order valence-corrected chi connectivity index (χ4v) is 4.86. The summed E-state index contributed by atoms with van der Waals surface area (Å²) in [5, 5.41) is 9.96. The zero-order valence-electron chi connectivity index (χ0n) is 16.7. The first-order chi connectivity index (χ1) is 14.1. The summed E-state index contributed by atoms with van der Waals surface area (Å²) in [5.41, 5.74) is 0. The van der Waals surface area contributed by atoms with Gasteiger partial charge in [0.15, 0.2) is 11.0 Å². The monoisotopic (exact) mass is 434 g/mol. The van der Waals surface area contributed by atoms with E-state index in [0.717, 1.165) is 49.8 Å². The van der Waals surface area contributed by atoms with Crippen molar-refractivity contribution in [3.63, 3.8) is 0 Å². The van der Waals surface area contributed by atoms with Crippen molar-refractivity contribution in [2.24, 2.45) is 0 Å². The summed E-state index contributed by atoms with van der Waals surface area (Å²) in [6, 6.07) is 7.82. The molecule has 1 aromatic carbocycles. The predicted octanol–water partition coefficient (Wildman–Crippen LogP) is 4.73. The van der Waals surface area contributed by atoms with Crippen molar-refractivity contribution in [2.75, 3.05) is 13.1 Å². The minimum Gasteiger partial charge on any atom is -0.484 e. The molecule has 2 aliphatic rings. The summed E-state index contributed by atoms with van der Waals surface area (Å²) in [7, 11) is 0. The van der Waals surface area contributed by atoms with Gasteiger partial charge in [-0.25, -0.2) is 0 Å². The maximum absolute atomic E-state index is 12.9. The summed E-state index contributed by atoms with van der Waals surface area (Å²) in [5.74, 6) is 1.62. The van der Waals surface area contributed by atoms with Crippen molar-refractivity contribution in [1.29, 1.82) is 0 Å². The number of nitrogens with zero attached hydrogens (tertiary/aromatic N) is 4. The molecular weight excluding hydrogens is 408 g/mol. The number of para-hydroxylation sites is 1. The number of carbonyl (C=O) groups excluding carboxylic acids is 1. The largest absolute Gasteiger partial charge is 0.484 e. The number of amides is 1. The van der Waals surface area contributed by atoms with Gasteiger partial charge < -0.3 is 9.64 Å². The first-order valence-corrected chi connectivity index (χ1v) is 11.7. The number of ether oxygens (including phenoxy) is 1. The lowest BCUT2D eigenvalue weighted by molar-refractivity contribution is -0.130. The molecule has 1 aromatic heterocycles. The van der Waals surface area contributed by atoms with Crippen LogP contribution in [-0.4, -0.2) is 43.9 Å². The Morgan fingerprint density at radius 3 is 2.62 bits per heavy atom. The van der Waals surface area contributed by atoms with Gasteiger partial charge in [0.05, 0.1) is 10.3 Å². The molecule has 2 aromatic rings. The maximum Gasteiger partial charge on any atom is 0.235 e. The minimum atomic E-state index is -0.174. The van der Waals surface area contributed by atoms with Crippen LogP contribution in [0, 0.1) is 0 Å². The van der Waals surface area contributed by atoms with E-state index in [4.69, 9.17) is 16.3 Å². The van der Waals surface area contributed by atoms with Crippen LogP contribution in [-0.2, 0) is 11.4 Å². The molecule has 0 N–H and O–H groups in total. The number of hydrogen-bond donors (Lipinski definition) is 0. The highest BCUT2D eigenvalue weighted by Gasteiger charge is 2.32. The molecule has 1 amide bonds. The first kappa shape index (κ1) is 20.5. The zero-order valence-corrected chi connectivity index (χ0v) is 18.3. The fraction of sp³-hybridized carbons (Fsp3) is 0.571. The molecule has 6 nitrogen and oxygen atoms in total. The number of aromatic nitrogens is 3. The van der Waals surface area contributed by atoms with Crippen LogP contribution in [0.4, 0.5) is 0 Å². The van der Waals surface area contributed by atoms with E-state index in [2.05, 4.69) is 14.8 Å². The molecule has 156 valence electrons. The van der Waals surface area contributed by atoms with E-state index in [1.807, 2.05) is 30.0 Å². The lowest BCUT2D eigenvalue weighted by Crippen LogP contribution is -2.37. The Hall–Kier alpha value is -1.73. The molecule has 1 aliphatic heterocycles. The van der Waals surface area contributed by atoms with Crippen LogP contribution in [0.3, 0.4) is 0 Å². The third kappa shape index (κ3) is 5.07. The lowest BCUT2D eigenvalue weighted by atomic mass is 10.2. The molecule has 0 radical (unpaired) electrons. The van der Waals surface area contributed by atoms with Gasteiger partial charge in [-0.1, -0.05) is 48.3 Å². The summed E-state index contributed by atoms with van der Waals surface area (Å²) in [4.78, 5) is 14.9. The van der Waals surface area contributed by atoms with Crippen molar-refractivity contribution in [1.82, 2.24) is 19.7 Å². The molecule has 1 aliphatic carbocycles. The predicted molar refractivity (Wildman–Crippen MR) is 114 cm³/mol. The molecule has 1 saturated heterocycles. The van der Waals surface area contributed by atoms with E-state index in [1.165, 1.54) is 24.6 Å². The van der Waals surface area contributed by atoms with Crippen LogP contribution in [0.2, 0.25) is 5.02 Å². The maximum atomic E-state index is 12.9. The van der Waals surface area contributed by atoms with Gasteiger partial charge in [0.25, 0.3) is 0 Å². The third-order valence-electron chi connectivity index (χ3n) is 5.39. The topological polar surface area (TPSA) is 60.3 Å². The Morgan fingerprint density at radius 1 is 1.21 bits per heavy atom. The number of likely N-dealkylation sites (tertiary alicyclic amines) is 1. The number of benzene rings is 1. The molecule has 8 heteroatoms. The van der Waals surface area contributed by atoms with E-state index in [0.29, 0.717) is 23.4 Å². The quantitative estimate of drug-likeness (QED) is 0.589. The van der Waals surface area contributed by atoms with Crippen LogP contribution < -0.4 is 4.74 Å². The van der Waals surface area contributed by atoms with E-state index >= 15 is 0 Å². The van der Waals surface area contributed by atoms with Crippen molar-refractivity contribution in [3.05, 3.63) is 35.1 Å². The van der Waals surface area contributed by atoms with Gasteiger partial charge in [0.2, 0.25) is 5.91 Å². The average molecular weight is 435 g/mol. The minimum absolute atomic E-state index is 0.174. The van der Waals surface area contributed by atoms with E-state index in [1.54, 1.807) is 6.07 Å². The van der Waals surface area contributed by atoms with Gasteiger partial charge in [-0.2, -0.15) is 0 Å². The highest BCUT2D eigenvalue weighted by atomic mass is 35.5. The van der Waals surface area contributed by atoms with Gasteiger partial charge in [-0.05, 0) is 44.7 Å². The molecule has 0 spiro atoms. The van der Waals surface area contributed by atoms with Crippen molar-refractivity contribution in [2.45, 2.75) is 68.5 Å². The molecule has 0 bridgehead atoms. The van der Waals surface area contributed by atoms with Gasteiger partial charge in [0.1, 0.15) is 12.4 Å². The fourth-order valence-electron chi connectivity index (χ4n) is 3.65. The van der Waals surface area contributed by atoms with Crippen LogP contribution in [0.15, 0.2) is 29.4 Å². The summed E-state index contributed by atoms with van der Waals surface area (Å²) in [6.45, 7) is 4.03. The Morgan fingerprint density at radius 2 is 1.93 bits per heavy atom. The molecular formula is C21H27ClN4O2S. The standard InChI is InChI=1S/C21H27ClN4O2S/c1-15(20(27)25-12-6-2-3-7-13-25)29-21-24-23-19(26(21)16-10-11-16)14-28-18-9-5-4-8-17(18)22/h4-5,8-9,15-16H,2-3,6-7,10-14H2,1H3/t15-/m0/s1. The van der Waals surface area contributed by atoms with Crippen molar-refractivity contribution < 1.29 is 9.53 Å². The van der Waals surface area contributed by atoms with Gasteiger partial charge in [-0.3, -0.25) is 9.36 Å². The Bertz CT molecular complexity index is 847. The highest BCUT2D eigenvalue weighted by molar-refractivity contribution is 8.00. The van der Waals surface area contributed by atoms with E-state index in [9.17, 15) is 4.79 Å². The number of hydrogen-bond acceptors (Lipinski definition) is 5. The van der Waals surface area contributed by atoms with Crippen molar-refractivity contribution in [3.8, 4) is 5.75 Å². The molecule has 4 rings (SSSR count). The Labute approximate surface area is 181 Å². The number of carbonyl (C=O) groups is 1. The summed E-state index contributed by atoms with van der Waals surface area (Å²) >= 11 is 7.69. The second-order valence-electron chi connectivity index (χ2n) is 7.72. The lowest BCUT2D eigenvalue weighted by Gasteiger charge is -2.23. The van der Waals surface area contributed by atoms with E-state index in [-0.39, 0.29) is 11.2 Å². The number of rotatable bonds is 7. The summed E-state index contributed by atoms with van der Waals surface area (Å²) < 4.78 is 8.02. The van der Waals surface area contributed by atoms with Crippen LogP contribution in [0.1, 0.15) is 57.3 Å². The van der Waals surface area contributed by atoms with Gasteiger partial charge >= 0.3 is 0 Å². The summed E-state index contributed by atoms with van der Waals surface area (Å²) in [6.07, 6.45) is 6.86. The SMILES string of the molecule is C[C@H](Sc1nnc(COc2ccccc2Cl)n1C1CC1)C(=O)N1CCCCCC1. The number of thioether (sulfide) groups is 1. The third-order valence-corrected chi connectivity index (χ3v) is 6.74. The smallest absolute Gasteiger partial charge is 0.235 e. The normalized spacial score (nSPS) is 18.3. The van der Waals surface area contributed by atoms with Crippen LogP contribution >= 0.6 is 23.4 Å². The van der Waals surface area contributed by atoms with E-state index < -0.39 is 0 Å². The molecule has 0 unspecified atom stereocenters. The molecule has 1 saturated carbocycles. The van der Waals surface area contributed by atoms with Crippen molar-refractivity contribution >= 4 is 29.3 Å². The molecule has 2 heterocycles. The highest BCUT2D eigenvalue weighted by Crippen LogP contribution is 2.40.